The van der Waals surface area contributed by atoms with Crippen molar-refractivity contribution in [2.75, 3.05) is 0 Å². The maximum absolute atomic E-state index is 10.4. The average molecular weight is 187 g/mol. The highest BCUT2D eigenvalue weighted by atomic mass is 16.1. The minimum Gasteiger partial charge on any atom is -0.296 e. The van der Waals surface area contributed by atoms with Crippen molar-refractivity contribution in [2.24, 2.45) is 0 Å². The van der Waals surface area contributed by atoms with Crippen molar-refractivity contribution < 1.29 is 4.79 Å². The molecule has 0 fully saturated rings. The minimum atomic E-state index is 0.505. The third kappa shape index (κ3) is 1.90. The molecule has 1 aromatic rings. The fourth-order valence-electron chi connectivity index (χ4n) is 1.77. The summed E-state index contributed by atoms with van der Waals surface area (Å²) in [7, 11) is 0. The highest BCUT2D eigenvalue weighted by Gasteiger charge is 2.06. The smallest absolute Gasteiger partial charge is 0.168 e. The number of rotatable bonds is 2. The van der Waals surface area contributed by atoms with E-state index in [1.54, 1.807) is 12.3 Å². The molecule has 0 aliphatic heterocycles. The first kappa shape index (κ1) is 9.13. The van der Waals surface area contributed by atoms with Gasteiger partial charge in [0.2, 0.25) is 0 Å². The van der Waals surface area contributed by atoms with Gasteiger partial charge in [-0.3, -0.25) is 9.78 Å². The van der Waals surface area contributed by atoms with Gasteiger partial charge in [-0.25, -0.2) is 0 Å². The highest BCUT2D eigenvalue weighted by molar-refractivity contribution is 5.73. The molecule has 0 N–H and O–H groups in total. The van der Waals surface area contributed by atoms with Crippen molar-refractivity contribution in [1.29, 1.82) is 0 Å². The first-order chi connectivity index (χ1) is 6.90. The second-order valence-corrected chi connectivity index (χ2v) is 3.56. The Morgan fingerprint density at radius 1 is 1.29 bits per heavy atom. The van der Waals surface area contributed by atoms with Crippen LogP contribution in [0.3, 0.4) is 0 Å². The largest absolute Gasteiger partial charge is 0.296 e. The van der Waals surface area contributed by atoms with Crippen molar-refractivity contribution in [3.8, 4) is 0 Å². The fraction of sp³-hybridized carbons (Fsp3) is 0.333. The molecule has 0 spiro atoms. The van der Waals surface area contributed by atoms with E-state index < -0.39 is 0 Å². The molecule has 0 unspecified atom stereocenters. The van der Waals surface area contributed by atoms with Gasteiger partial charge in [0.1, 0.15) is 5.69 Å². The number of aldehydes is 1. The lowest BCUT2D eigenvalue weighted by molar-refractivity contribution is 0.111. The molecule has 2 rings (SSSR count). The Bertz CT molecular complexity index is 351. The van der Waals surface area contributed by atoms with E-state index in [0.717, 1.165) is 18.3 Å². The van der Waals surface area contributed by atoms with E-state index in [2.05, 4.69) is 11.1 Å². The van der Waals surface area contributed by atoms with Crippen LogP contribution in [-0.2, 0) is 0 Å². The number of aromatic nitrogens is 1. The summed E-state index contributed by atoms with van der Waals surface area (Å²) < 4.78 is 0. The van der Waals surface area contributed by atoms with Crippen LogP contribution in [0.1, 0.15) is 41.7 Å². The lowest BCUT2D eigenvalue weighted by atomic mass is 9.95. The maximum Gasteiger partial charge on any atom is 0.168 e. The number of allylic oxidation sites excluding steroid dienone is 2. The Morgan fingerprint density at radius 3 is 2.79 bits per heavy atom. The summed E-state index contributed by atoms with van der Waals surface area (Å²) in [5.41, 5.74) is 3.04. The topological polar surface area (TPSA) is 30.0 Å². The van der Waals surface area contributed by atoms with E-state index >= 15 is 0 Å². The molecule has 1 heterocycles. The Labute approximate surface area is 83.7 Å². The number of carbonyl (C=O) groups excluding carboxylic acids is 1. The molecule has 0 saturated heterocycles. The molecular formula is C12H13NO. The van der Waals surface area contributed by atoms with Crippen molar-refractivity contribution >= 4 is 11.9 Å². The molecule has 0 radical (unpaired) electrons. The summed E-state index contributed by atoms with van der Waals surface area (Å²) in [5.74, 6) is 0. The first-order valence-electron chi connectivity index (χ1n) is 5.01. The second kappa shape index (κ2) is 4.18. The normalized spacial score (nSPS) is 16.1. The van der Waals surface area contributed by atoms with E-state index in [1.165, 1.54) is 24.8 Å². The molecule has 0 saturated carbocycles. The molecule has 0 atom stereocenters. The van der Waals surface area contributed by atoms with Crippen molar-refractivity contribution in [3.63, 3.8) is 0 Å². The number of pyridine rings is 1. The first-order valence-corrected chi connectivity index (χ1v) is 5.01. The third-order valence-electron chi connectivity index (χ3n) is 2.57. The number of hydrogen-bond donors (Lipinski definition) is 0. The average Bonchev–Trinajstić information content (AvgIpc) is 2.30. The zero-order chi connectivity index (χ0) is 9.80. The van der Waals surface area contributed by atoms with Gasteiger partial charge in [0, 0.05) is 6.20 Å². The molecular weight excluding hydrogens is 174 g/mol. The van der Waals surface area contributed by atoms with Gasteiger partial charge in [-0.1, -0.05) is 12.1 Å². The van der Waals surface area contributed by atoms with Crippen LogP contribution >= 0.6 is 0 Å². The minimum absolute atomic E-state index is 0.505. The van der Waals surface area contributed by atoms with Gasteiger partial charge < -0.3 is 0 Å². The van der Waals surface area contributed by atoms with E-state index in [9.17, 15) is 4.79 Å². The third-order valence-corrected chi connectivity index (χ3v) is 2.57. The highest BCUT2D eigenvalue weighted by Crippen LogP contribution is 2.25. The van der Waals surface area contributed by atoms with Gasteiger partial charge in [-0.05, 0) is 42.9 Å². The summed E-state index contributed by atoms with van der Waals surface area (Å²) in [5, 5.41) is 0. The number of carbonyl (C=O) groups is 1. The van der Waals surface area contributed by atoms with Gasteiger partial charge >= 0.3 is 0 Å². The van der Waals surface area contributed by atoms with Gasteiger partial charge in [-0.2, -0.15) is 0 Å². The Balaban J connectivity index is 2.23. The van der Waals surface area contributed by atoms with Crippen LogP contribution in [0.15, 0.2) is 24.4 Å². The molecule has 0 aromatic carbocycles. The van der Waals surface area contributed by atoms with E-state index in [-0.39, 0.29) is 0 Å². The van der Waals surface area contributed by atoms with Crippen LogP contribution < -0.4 is 0 Å². The fourth-order valence-corrected chi connectivity index (χ4v) is 1.77. The van der Waals surface area contributed by atoms with Crippen LogP contribution in [0.25, 0.3) is 5.57 Å². The Morgan fingerprint density at radius 2 is 2.21 bits per heavy atom. The monoisotopic (exact) mass is 187 g/mol. The maximum atomic E-state index is 10.4. The van der Waals surface area contributed by atoms with Gasteiger partial charge in [-0.15, -0.1) is 0 Å². The molecule has 1 aliphatic carbocycles. The zero-order valence-corrected chi connectivity index (χ0v) is 8.07. The Kier molecular flexibility index (Phi) is 2.73. The molecule has 0 amide bonds. The van der Waals surface area contributed by atoms with Gasteiger partial charge in [0.05, 0.1) is 0 Å². The lowest BCUT2D eigenvalue weighted by Crippen LogP contribution is -1.94. The van der Waals surface area contributed by atoms with Gasteiger partial charge in [0.15, 0.2) is 6.29 Å². The predicted molar refractivity (Wildman–Crippen MR) is 56.1 cm³/mol. The van der Waals surface area contributed by atoms with Gasteiger partial charge in [0.25, 0.3) is 0 Å². The molecule has 2 nitrogen and oxygen atoms in total. The molecule has 14 heavy (non-hydrogen) atoms. The second-order valence-electron chi connectivity index (χ2n) is 3.56. The van der Waals surface area contributed by atoms with Crippen molar-refractivity contribution in [1.82, 2.24) is 4.98 Å². The van der Waals surface area contributed by atoms with Crippen LogP contribution in [0.5, 0.6) is 0 Å². The summed E-state index contributed by atoms with van der Waals surface area (Å²) in [6, 6.07) is 3.76. The van der Waals surface area contributed by atoms with Crippen molar-refractivity contribution in [2.45, 2.75) is 25.7 Å². The van der Waals surface area contributed by atoms with Crippen LogP contribution in [0, 0.1) is 0 Å². The molecule has 0 bridgehead atoms. The Hall–Kier alpha value is -1.44. The predicted octanol–water partition coefficient (Wildman–Crippen LogP) is 2.85. The zero-order valence-electron chi connectivity index (χ0n) is 8.07. The number of nitrogens with zero attached hydrogens (tertiary/aromatic N) is 1. The van der Waals surface area contributed by atoms with Crippen molar-refractivity contribution in [3.05, 3.63) is 35.7 Å². The summed E-state index contributed by atoms with van der Waals surface area (Å²) in [6.45, 7) is 0. The summed E-state index contributed by atoms with van der Waals surface area (Å²) >= 11 is 0. The van der Waals surface area contributed by atoms with Crippen LogP contribution in [-0.4, -0.2) is 11.3 Å². The van der Waals surface area contributed by atoms with E-state index in [1.807, 2.05) is 6.07 Å². The van der Waals surface area contributed by atoms with Crippen LogP contribution in [0.2, 0.25) is 0 Å². The standard InChI is InChI=1S/C12H13NO/c14-9-12-7-6-11(8-13-12)10-4-2-1-3-5-10/h4,6-9H,1-3,5H2. The SMILES string of the molecule is O=Cc1ccc(C2=CCCCC2)cn1. The summed E-state index contributed by atoms with van der Waals surface area (Å²) in [4.78, 5) is 14.5. The molecule has 1 aliphatic rings. The van der Waals surface area contributed by atoms with Crippen LogP contribution in [0.4, 0.5) is 0 Å². The molecule has 2 heteroatoms. The summed E-state index contributed by atoms with van der Waals surface area (Å²) in [6.07, 6.45) is 9.72. The quantitative estimate of drug-likeness (QED) is 0.666. The lowest BCUT2D eigenvalue weighted by Gasteiger charge is -2.12. The van der Waals surface area contributed by atoms with E-state index in [0.29, 0.717) is 5.69 Å². The molecule has 1 aromatic heterocycles. The molecule has 72 valence electrons. The number of hydrogen-bond acceptors (Lipinski definition) is 2. The van der Waals surface area contributed by atoms with E-state index in [4.69, 9.17) is 0 Å².